The highest BCUT2D eigenvalue weighted by atomic mass is 19.3. The molecule has 0 unspecified atom stereocenters. The predicted octanol–water partition coefficient (Wildman–Crippen LogP) is 2.13. The zero-order chi connectivity index (χ0) is 13.9. The van der Waals surface area contributed by atoms with Crippen LogP contribution in [0.1, 0.15) is 11.1 Å². The number of hydrogen-bond donors (Lipinski definition) is 1. The lowest BCUT2D eigenvalue weighted by atomic mass is 10.1. The van der Waals surface area contributed by atoms with Crippen molar-refractivity contribution in [2.75, 3.05) is 0 Å². The summed E-state index contributed by atoms with van der Waals surface area (Å²) in [5.74, 6) is -1.57. The van der Waals surface area contributed by atoms with Gasteiger partial charge in [-0.05, 0) is 18.6 Å². The molecule has 1 aromatic carbocycles. The Morgan fingerprint density at radius 1 is 1.56 bits per heavy atom. The molecule has 0 amide bonds. The minimum Gasteiger partial charge on any atom is -0.481 e. The van der Waals surface area contributed by atoms with Crippen molar-refractivity contribution >= 4 is 11.7 Å². The number of carboxylic acids is 1. The standard InChI is InChI=1S/C10H9F2NO5/c1-5-2-7(13(16)17)6(4-9(14)15)3-8(5)18-10(11)12/h2-3,10H,4H2,1H3,(H,14,15). The first-order chi connectivity index (χ1) is 8.31. The van der Waals surface area contributed by atoms with Gasteiger partial charge in [0.1, 0.15) is 5.75 Å². The molecule has 0 aromatic heterocycles. The van der Waals surface area contributed by atoms with Crippen LogP contribution in [0.3, 0.4) is 0 Å². The topological polar surface area (TPSA) is 89.7 Å². The van der Waals surface area contributed by atoms with Crippen LogP contribution in [0.5, 0.6) is 5.75 Å². The van der Waals surface area contributed by atoms with Crippen molar-refractivity contribution in [2.45, 2.75) is 20.0 Å². The molecule has 0 heterocycles. The van der Waals surface area contributed by atoms with Gasteiger partial charge in [-0.1, -0.05) is 0 Å². The maximum atomic E-state index is 12.1. The molecule has 1 rings (SSSR count). The quantitative estimate of drug-likeness (QED) is 0.647. The number of ether oxygens (including phenoxy) is 1. The molecule has 0 radical (unpaired) electrons. The molecule has 0 atom stereocenters. The van der Waals surface area contributed by atoms with E-state index >= 15 is 0 Å². The third-order valence-electron chi connectivity index (χ3n) is 2.13. The number of carboxylic acid groups (broad SMARTS) is 1. The highest BCUT2D eigenvalue weighted by molar-refractivity contribution is 5.72. The van der Waals surface area contributed by atoms with Gasteiger partial charge in [-0.3, -0.25) is 14.9 Å². The van der Waals surface area contributed by atoms with Gasteiger partial charge in [-0.15, -0.1) is 0 Å². The Balaban J connectivity index is 3.25. The van der Waals surface area contributed by atoms with Crippen LogP contribution in [0.2, 0.25) is 0 Å². The number of aryl methyl sites for hydroxylation is 1. The van der Waals surface area contributed by atoms with Gasteiger partial charge in [-0.25, -0.2) is 0 Å². The molecule has 0 saturated heterocycles. The lowest BCUT2D eigenvalue weighted by Gasteiger charge is -2.09. The minimum atomic E-state index is -3.08. The van der Waals surface area contributed by atoms with Crippen LogP contribution in [0.4, 0.5) is 14.5 Å². The van der Waals surface area contributed by atoms with E-state index < -0.39 is 29.6 Å². The maximum Gasteiger partial charge on any atom is 0.387 e. The number of hydrogen-bond acceptors (Lipinski definition) is 4. The zero-order valence-electron chi connectivity index (χ0n) is 9.22. The van der Waals surface area contributed by atoms with Gasteiger partial charge in [0.15, 0.2) is 0 Å². The summed E-state index contributed by atoms with van der Waals surface area (Å²) in [7, 11) is 0. The zero-order valence-corrected chi connectivity index (χ0v) is 9.22. The number of carbonyl (C=O) groups is 1. The van der Waals surface area contributed by atoms with Gasteiger partial charge in [0.25, 0.3) is 5.69 Å². The molecule has 0 aliphatic rings. The van der Waals surface area contributed by atoms with E-state index in [1.807, 2.05) is 0 Å². The Bertz CT molecular complexity index is 489. The second kappa shape index (κ2) is 5.39. The van der Waals surface area contributed by atoms with Crippen LogP contribution >= 0.6 is 0 Å². The van der Waals surface area contributed by atoms with Crippen LogP contribution in [-0.4, -0.2) is 22.6 Å². The minimum absolute atomic E-state index is 0.135. The lowest BCUT2D eigenvalue weighted by Crippen LogP contribution is -2.08. The molecular weight excluding hydrogens is 252 g/mol. The molecule has 0 spiro atoms. The van der Waals surface area contributed by atoms with Crippen molar-refractivity contribution in [3.05, 3.63) is 33.4 Å². The Hall–Kier alpha value is -2.25. The summed E-state index contributed by atoms with van der Waals surface area (Å²) < 4.78 is 28.3. The molecule has 6 nitrogen and oxygen atoms in total. The number of rotatable bonds is 5. The molecular formula is C10H9F2NO5. The average Bonchev–Trinajstić information content (AvgIpc) is 2.20. The molecule has 0 aliphatic heterocycles. The molecule has 1 N–H and O–H groups in total. The fraction of sp³-hybridized carbons (Fsp3) is 0.300. The monoisotopic (exact) mass is 261 g/mol. The summed E-state index contributed by atoms with van der Waals surface area (Å²) in [5.41, 5.74) is -0.485. The Morgan fingerprint density at radius 3 is 2.61 bits per heavy atom. The lowest BCUT2D eigenvalue weighted by molar-refractivity contribution is -0.385. The van der Waals surface area contributed by atoms with Crippen LogP contribution in [-0.2, 0) is 11.2 Å². The van der Waals surface area contributed by atoms with E-state index in [4.69, 9.17) is 5.11 Å². The second-order valence-electron chi connectivity index (χ2n) is 3.45. The molecule has 8 heteroatoms. The molecule has 1 aromatic rings. The highest BCUT2D eigenvalue weighted by Crippen LogP contribution is 2.29. The van der Waals surface area contributed by atoms with E-state index in [0.29, 0.717) is 0 Å². The first-order valence-electron chi connectivity index (χ1n) is 4.75. The van der Waals surface area contributed by atoms with Crippen molar-refractivity contribution in [3.63, 3.8) is 0 Å². The molecule has 0 bridgehead atoms. The molecule has 98 valence electrons. The number of halogens is 2. The van der Waals surface area contributed by atoms with E-state index in [2.05, 4.69) is 4.74 Å². The number of benzene rings is 1. The van der Waals surface area contributed by atoms with Crippen LogP contribution < -0.4 is 4.74 Å². The Labute approximate surface area is 99.9 Å². The van der Waals surface area contributed by atoms with Gasteiger partial charge in [0, 0.05) is 11.6 Å². The first kappa shape index (κ1) is 13.8. The summed E-state index contributed by atoms with van der Waals surface area (Å²) in [6.07, 6.45) is -0.643. The van der Waals surface area contributed by atoms with E-state index in [-0.39, 0.29) is 16.9 Å². The van der Waals surface area contributed by atoms with Crippen LogP contribution in [0.25, 0.3) is 0 Å². The maximum absolute atomic E-state index is 12.1. The number of nitrogens with zero attached hydrogens (tertiary/aromatic N) is 1. The van der Waals surface area contributed by atoms with Gasteiger partial charge in [-0.2, -0.15) is 8.78 Å². The van der Waals surface area contributed by atoms with E-state index in [9.17, 15) is 23.7 Å². The van der Waals surface area contributed by atoms with Crippen molar-refractivity contribution in [2.24, 2.45) is 0 Å². The summed E-state index contributed by atoms with van der Waals surface area (Å²) >= 11 is 0. The highest BCUT2D eigenvalue weighted by Gasteiger charge is 2.20. The number of nitro benzene ring substituents is 1. The SMILES string of the molecule is Cc1cc([N+](=O)[O-])c(CC(=O)O)cc1OC(F)F. The van der Waals surface area contributed by atoms with E-state index in [1.165, 1.54) is 6.92 Å². The fourth-order valence-electron chi connectivity index (χ4n) is 1.41. The summed E-state index contributed by atoms with van der Waals surface area (Å²) in [6.45, 7) is -1.72. The number of aliphatic carboxylic acids is 1. The van der Waals surface area contributed by atoms with Gasteiger partial charge < -0.3 is 9.84 Å². The summed E-state index contributed by atoms with van der Waals surface area (Å²) in [5, 5.41) is 19.3. The Morgan fingerprint density at radius 2 is 2.17 bits per heavy atom. The van der Waals surface area contributed by atoms with Crippen LogP contribution in [0, 0.1) is 17.0 Å². The predicted molar refractivity (Wildman–Crippen MR) is 55.8 cm³/mol. The second-order valence-corrected chi connectivity index (χ2v) is 3.45. The molecule has 0 saturated carbocycles. The molecule has 0 aliphatic carbocycles. The van der Waals surface area contributed by atoms with Gasteiger partial charge in [0.2, 0.25) is 0 Å². The van der Waals surface area contributed by atoms with Crippen molar-refractivity contribution < 1.29 is 28.3 Å². The fourth-order valence-corrected chi connectivity index (χ4v) is 1.41. The Kier molecular flexibility index (Phi) is 4.13. The first-order valence-corrected chi connectivity index (χ1v) is 4.75. The third-order valence-corrected chi connectivity index (χ3v) is 2.13. The van der Waals surface area contributed by atoms with E-state index in [0.717, 1.165) is 12.1 Å². The smallest absolute Gasteiger partial charge is 0.387 e. The molecule has 0 fully saturated rings. The van der Waals surface area contributed by atoms with Crippen molar-refractivity contribution in [1.82, 2.24) is 0 Å². The number of nitro groups is 1. The largest absolute Gasteiger partial charge is 0.481 e. The van der Waals surface area contributed by atoms with Gasteiger partial charge >= 0.3 is 12.6 Å². The number of alkyl halides is 2. The third kappa shape index (κ3) is 3.37. The average molecular weight is 261 g/mol. The summed E-state index contributed by atoms with van der Waals surface area (Å²) in [6, 6.07) is 1.96. The van der Waals surface area contributed by atoms with E-state index in [1.54, 1.807) is 0 Å². The van der Waals surface area contributed by atoms with Crippen LogP contribution in [0.15, 0.2) is 12.1 Å². The summed E-state index contributed by atoms with van der Waals surface area (Å²) in [4.78, 5) is 20.5. The van der Waals surface area contributed by atoms with Crippen molar-refractivity contribution in [1.29, 1.82) is 0 Å². The van der Waals surface area contributed by atoms with Crippen molar-refractivity contribution in [3.8, 4) is 5.75 Å². The van der Waals surface area contributed by atoms with Gasteiger partial charge in [0.05, 0.1) is 11.3 Å². The molecule has 18 heavy (non-hydrogen) atoms. The normalized spacial score (nSPS) is 10.4.